The SMILES string of the molecule is O=[N+]([O-])c1cc2c(c(COc3ccc(Cl)cc3)c1)OCOC2. The van der Waals surface area contributed by atoms with Gasteiger partial charge in [0.1, 0.15) is 18.1 Å². The highest BCUT2D eigenvalue weighted by molar-refractivity contribution is 6.30. The molecule has 1 aliphatic heterocycles. The predicted octanol–water partition coefficient (Wildman–Crippen LogP) is 3.69. The van der Waals surface area contributed by atoms with Crippen molar-refractivity contribution >= 4 is 17.3 Å². The van der Waals surface area contributed by atoms with E-state index in [1.807, 2.05) is 0 Å². The molecule has 0 radical (unpaired) electrons. The molecule has 0 aromatic heterocycles. The van der Waals surface area contributed by atoms with Crippen molar-refractivity contribution in [3.63, 3.8) is 0 Å². The number of rotatable bonds is 4. The Bertz CT molecular complexity index is 702. The van der Waals surface area contributed by atoms with Gasteiger partial charge in [0.05, 0.1) is 11.5 Å². The van der Waals surface area contributed by atoms with Crippen molar-refractivity contribution in [3.05, 3.63) is 62.7 Å². The standard InChI is InChI=1S/C15H12ClNO5/c16-12-1-3-14(4-2-12)21-8-11-6-13(17(18)19)5-10-7-20-9-22-15(10)11/h1-6H,7-9H2. The fourth-order valence-corrected chi connectivity index (χ4v) is 2.31. The van der Waals surface area contributed by atoms with Crippen LogP contribution in [0.4, 0.5) is 5.69 Å². The second-order valence-electron chi connectivity index (χ2n) is 4.70. The molecule has 0 atom stereocenters. The fourth-order valence-electron chi connectivity index (χ4n) is 2.19. The third kappa shape index (κ3) is 3.13. The Kier molecular flexibility index (Phi) is 4.13. The summed E-state index contributed by atoms with van der Waals surface area (Å²) in [5.74, 6) is 1.21. The van der Waals surface area contributed by atoms with E-state index in [1.165, 1.54) is 12.1 Å². The molecule has 0 saturated heterocycles. The molecular weight excluding hydrogens is 310 g/mol. The minimum Gasteiger partial charge on any atom is -0.489 e. The van der Waals surface area contributed by atoms with Gasteiger partial charge < -0.3 is 14.2 Å². The van der Waals surface area contributed by atoms with E-state index in [-0.39, 0.29) is 25.7 Å². The van der Waals surface area contributed by atoms with Crippen molar-refractivity contribution in [1.82, 2.24) is 0 Å². The molecule has 6 nitrogen and oxygen atoms in total. The van der Waals surface area contributed by atoms with Gasteiger partial charge in [0.25, 0.3) is 5.69 Å². The van der Waals surface area contributed by atoms with Gasteiger partial charge in [-0.25, -0.2) is 0 Å². The summed E-state index contributed by atoms with van der Waals surface area (Å²) in [6.07, 6.45) is 0. The lowest BCUT2D eigenvalue weighted by atomic mass is 10.1. The second kappa shape index (κ2) is 6.21. The third-order valence-corrected chi connectivity index (χ3v) is 3.44. The molecule has 0 unspecified atom stereocenters. The first kappa shape index (κ1) is 14.6. The summed E-state index contributed by atoms with van der Waals surface area (Å²) in [6.45, 7) is 0.565. The number of nitrogens with zero attached hydrogens (tertiary/aromatic N) is 1. The molecule has 0 aliphatic carbocycles. The van der Waals surface area contributed by atoms with Crippen LogP contribution in [0.15, 0.2) is 36.4 Å². The first-order chi connectivity index (χ1) is 10.6. The van der Waals surface area contributed by atoms with Gasteiger partial charge in [0, 0.05) is 28.3 Å². The third-order valence-electron chi connectivity index (χ3n) is 3.19. The monoisotopic (exact) mass is 321 g/mol. The molecule has 2 aromatic carbocycles. The minimum absolute atomic E-state index is 0.0115. The summed E-state index contributed by atoms with van der Waals surface area (Å²) in [5, 5.41) is 11.6. The average Bonchev–Trinajstić information content (AvgIpc) is 2.53. The van der Waals surface area contributed by atoms with Crippen LogP contribution in [0.2, 0.25) is 5.02 Å². The van der Waals surface area contributed by atoms with Crippen molar-refractivity contribution < 1.29 is 19.1 Å². The van der Waals surface area contributed by atoms with Crippen LogP contribution in [0, 0.1) is 10.1 Å². The Morgan fingerprint density at radius 2 is 2.05 bits per heavy atom. The molecule has 0 amide bonds. The lowest BCUT2D eigenvalue weighted by Gasteiger charge is -2.20. The highest BCUT2D eigenvalue weighted by atomic mass is 35.5. The number of fused-ring (bicyclic) bond motifs is 1. The lowest BCUT2D eigenvalue weighted by molar-refractivity contribution is -0.385. The zero-order valence-corrected chi connectivity index (χ0v) is 12.2. The number of halogens is 1. The van der Waals surface area contributed by atoms with Crippen LogP contribution in [0.3, 0.4) is 0 Å². The Morgan fingerprint density at radius 3 is 2.77 bits per heavy atom. The van der Waals surface area contributed by atoms with E-state index >= 15 is 0 Å². The van der Waals surface area contributed by atoms with E-state index in [9.17, 15) is 10.1 Å². The first-order valence-electron chi connectivity index (χ1n) is 6.52. The topological polar surface area (TPSA) is 70.8 Å². The number of nitro groups is 1. The van der Waals surface area contributed by atoms with Crippen LogP contribution in [-0.4, -0.2) is 11.7 Å². The summed E-state index contributed by atoms with van der Waals surface area (Å²) >= 11 is 5.81. The molecule has 3 rings (SSSR count). The van der Waals surface area contributed by atoms with Crippen LogP contribution in [0.5, 0.6) is 11.5 Å². The Labute approximate surface area is 131 Å². The smallest absolute Gasteiger partial charge is 0.270 e. The number of non-ortho nitro benzene ring substituents is 1. The van der Waals surface area contributed by atoms with Gasteiger partial charge in [-0.15, -0.1) is 0 Å². The fraction of sp³-hybridized carbons (Fsp3) is 0.200. The second-order valence-corrected chi connectivity index (χ2v) is 5.14. The van der Waals surface area contributed by atoms with Gasteiger partial charge in [0.15, 0.2) is 6.79 Å². The van der Waals surface area contributed by atoms with Crippen molar-refractivity contribution in [2.75, 3.05) is 6.79 Å². The van der Waals surface area contributed by atoms with E-state index in [0.29, 0.717) is 27.6 Å². The van der Waals surface area contributed by atoms with Gasteiger partial charge in [-0.1, -0.05) is 11.6 Å². The van der Waals surface area contributed by atoms with E-state index in [0.717, 1.165) is 0 Å². The Morgan fingerprint density at radius 1 is 1.27 bits per heavy atom. The molecule has 2 aromatic rings. The van der Waals surface area contributed by atoms with Crippen LogP contribution >= 0.6 is 11.6 Å². The minimum atomic E-state index is -0.444. The van der Waals surface area contributed by atoms with Crippen LogP contribution in [-0.2, 0) is 18.0 Å². The molecule has 114 valence electrons. The normalized spacial score (nSPS) is 13.1. The first-order valence-corrected chi connectivity index (χ1v) is 6.90. The van der Waals surface area contributed by atoms with Gasteiger partial charge in [-0.2, -0.15) is 0 Å². The number of hydrogen-bond acceptors (Lipinski definition) is 5. The van der Waals surface area contributed by atoms with Crippen LogP contribution in [0.25, 0.3) is 0 Å². The van der Waals surface area contributed by atoms with Gasteiger partial charge in [0.2, 0.25) is 0 Å². The summed E-state index contributed by atoms with van der Waals surface area (Å²) in [7, 11) is 0. The van der Waals surface area contributed by atoms with Crippen LogP contribution in [0.1, 0.15) is 11.1 Å². The molecule has 0 fully saturated rings. The molecule has 1 aliphatic rings. The summed E-state index contributed by atoms with van der Waals surface area (Å²) in [5.41, 5.74) is 1.25. The summed E-state index contributed by atoms with van der Waals surface area (Å²) < 4.78 is 16.3. The van der Waals surface area contributed by atoms with Gasteiger partial charge >= 0.3 is 0 Å². The molecule has 22 heavy (non-hydrogen) atoms. The van der Waals surface area contributed by atoms with E-state index < -0.39 is 4.92 Å². The summed E-state index contributed by atoms with van der Waals surface area (Å²) in [6, 6.07) is 9.81. The van der Waals surface area contributed by atoms with Gasteiger partial charge in [-0.05, 0) is 24.3 Å². The Hall–Kier alpha value is -2.31. The van der Waals surface area contributed by atoms with E-state index in [2.05, 4.69) is 0 Å². The summed E-state index contributed by atoms with van der Waals surface area (Å²) in [4.78, 5) is 10.6. The maximum atomic E-state index is 11.0. The highest BCUT2D eigenvalue weighted by Gasteiger charge is 2.21. The van der Waals surface area contributed by atoms with Gasteiger partial charge in [-0.3, -0.25) is 10.1 Å². The van der Waals surface area contributed by atoms with E-state index in [4.69, 9.17) is 25.8 Å². The van der Waals surface area contributed by atoms with E-state index in [1.54, 1.807) is 24.3 Å². The lowest BCUT2D eigenvalue weighted by Crippen LogP contribution is -2.14. The van der Waals surface area contributed by atoms with Crippen molar-refractivity contribution in [3.8, 4) is 11.5 Å². The molecule has 1 heterocycles. The number of nitro benzene ring substituents is 1. The zero-order valence-electron chi connectivity index (χ0n) is 11.5. The molecule has 0 bridgehead atoms. The molecule has 0 spiro atoms. The zero-order chi connectivity index (χ0) is 15.5. The van der Waals surface area contributed by atoms with Crippen molar-refractivity contribution in [2.45, 2.75) is 13.2 Å². The number of ether oxygens (including phenoxy) is 3. The van der Waals surface area contributed by atoms with Crippen molar-refractivity contribution in [2.24, 2.45) is 0 Å². The van der Waals surface area contributed by atoms with Crippen LogP contribution < -0.4 is 9.47 Å². The quantitative estimate of drug-likeness (QED) is 0.634. The highest BCUT2D eigenvalue weighted by Crippen LogP contribution is 2.33. The Balaban J connectivity index is 1.86. The maximum Gasteiger partial charge on any atom is 0.270 e. The largest absolute Gasteiger partial charge is 0.489 e. The molecule has 0 N–H and O–H groups in total. The maximum absolute atomic E-state index is 11.0. The number of hydrogen-bond donors (Lipinski definition) is 0. The van der Waals surface area contributed by atoms with Crippen molar-refractivity contribution in [1.29, 1.82) is 0 Å². The predicted molar refractivity (Wildman–Crippen MR) is 79.2 cm³/mol. The molecular formula is C15H12ClNO5. The number of benzene rings is 2. The molecule has 0 saturated carbocycles. The molecule has 7 heteroatoms. The average molecular weight is 322 g/mol.